The van der Waals surface area contributed by atoms with Crippen molar-refractivity contribution in [3.63, 3.8) is 0 Å². The van der Waals surface area contributed by atoms with Crippen molar-refractivity contribution in [2.75, 3.05) is 19.7 Å². The Morgan fingerprint density at radius 3 is 2.36 bits per heavy atom. The molecule has 3 aromatic rings. The van der Waals surface area contributed by atoms with E-state index in [2.05, 4.69) is 0 Å². The van der Waals surface area contributed by atoms with E-state index in [0.29, 0.717) is 22.2 Å². The molecule has 0 aromatic heterocycles. The molecule has 4 rings (SSSR count). The monoisotopic (exact) mass is 487 g/mol. The molecule has 172 valence electrons. The average molecular weight is 488 g/mol. The van der Waals surface area contributed by atoms with Crippen molar-refractivity contribution in [2.45, 2.75) is 25.7 Å². The molecular formula is C26H24Cl2FNO3. The van der Waals surface area contributed by atoms with Crippen LogP contribution < -0.4 is 4.74 Å². The summed E-state index contributed by atoms with van der Waals surface area (Å²) in [5.41, 5.74) is 3.28. The third-order valence-corrected chi connectivity index (χ3v) is 6.67. The van der Waals surface area contributed by atoms with Gasteiger partial charge in [-0.1, -0.05) is 54.4 Å². The number of aromatic hydroxyl groups is 1. The van der Waals surface area contributed by atoms with Gasteiger partial charge in [-0.2, -0.15) is 0 Å². The Hall–Kier alpha value is -2.76. The number of rotatable bonds is 7. The van der Waals surface area contributed by atoms with E-state index < -0.39 is 0 Å². The van der Waals surface area contributed by atoms with Crippen LogP contribution in [0.4, 0.5) is 4.39 Å². The minimum absolute atomic E-state index is 0.0470. The van der Waals surface area contributed by atoms with Crippen LogP contribution in [0.5, 0.6) is 11.5 Å². The molecule has 0 bridgehead atoms. The molecule has 1 aliphatic heterocycles. The van der Waals surface area contributed by atoms with Crippen LogP contribution in [0.15, 0.2) is 54.6 Å². The first-order valence-corrected chi connectivity index (χ1v) is 11.5. The molecular weight excluding hydrogens is 464 g/mol. The van der Waals surface area contributed by atoms with Crippen molar-refractivity contribution in [1.82, 2.24) is 4.90 Å². The number of amides is 1. The highest BCUT2D eigenvalue weighted by Crippen LogP contribution is 2.35. The number of likely N-dealkylation sites (tertiary alicyclic amines) is 1. The summed E-state index contributed by atoms with van der Waals surface area (Å²) < 4.78 is 18.9. The number of benzene rings is 3. The van der Waals surface area contributed by atoms with Gasteiger partial charge in [0.25, 0.3) is 5.91 Å². The van der Waals surface area contributed by atoms with E-state index in [1.165, 1.54) is 12.1 Å². The zero-order valence-electron chi connectivity index (χ0n) is 18.2. The highest BCUT2D eigenvalue weighted by atomic mass is 35.5. The maximum atomic E-state index is 13.3. The van der Waals surface area contributed by atoms with Crippen LogP contribution in [0.3, 0.4) is 0 Å². The molecule has 1 fully saturated rings. The summed E-state index contributed by atoms with van der Waals surface area (Å²) >= 11 is 13.0. The Kier molecular flexibility index (Phi) is 7.11. The quantitative estimate of drug-likeness (QED) is 0.432. The summed E-state index contributed by atoms with van der Waals surface area (Å²) in [7, 11) is 0. The van der Waals surface area contributed by atoms with Gasteiger partial charge in [0, 0.05) is 41.0 Å². The third kappa shape index (κ3) is 5.43. The molecule has 0 aliphatic carbocycles. The van der Waals surface area contributed by atoms with Crippen LogP contribution in [-0.2, 0) is 11.2 Å². The number of ether oxygens (including phenoxy) is 1. The first kappa shape index (κ1) is 23.4. The van der Waals surface area contributed by atoms with E-state index in [1.54, 1.807) is 35.2 Å². The lowest BCUT2D eigenvalue weighted by atomic mass is 9.90. The SMILES string of the molecule is CC(c1ccc(F)cc1)c1cc(Cc2c(Cl)cc(OCC(=O)N3CCC3)cc2Cl)ccc1O. The second kappa shape index (κ2) is 10.0. The number of phenols is 1. The zero-order chi connectivity index (χ0) is 23.5. The van der Waals surface area contributed by atoms with Crippen LogP contribution >= 0.6 is 23.2 Å². The third-order valence-electron chi connectivity index (χ3n) is 5.99. The van der Waals surface area contributed by atoms with Gasteiger partial charge in [-0.3, -0.25) is 4.79 Å². The van der Waals surface area contributed by atoms with Crippen molar-refractivity contribution in [1.29, 1.82) is 0 Å². The minimum atomic E-state index is -0.300. The molecule has 3 aromatic carbocycles. The van der Waals surface area contributed by atoms with E-state index in [1.807, 2.05) is 19.1 Å². The molecule has 7 heteroatoms. The van der Waals surface area contributed by atoms with Gasteiger partial charge in [0.1, 0.15) is 17.3 Å². The summed E-state index contributed by atoms with van der Waals surface area (Å²) in [4.78, 5) is 13.7. The molecule has 1 heterocycles. The molecule has 1 saturated heterocycles. The first-order chi connectivity index (χ1) is 15.8. The highest BCUT2D eigenvalue weighted by molar-refractivity contribution is 6.36. The Morgan fingerprint density at radius 2 is 1.76 bits per heavy atom. The van der Waals surface area contributed by atoms with Gasteiger partial charge < -0.3 is 14.7 Å². The Bertz CT molecular complexity index is 1140. The Labute approximate surface area is 202 Å². The molecule has 4 nitrogen and oxygen atoms in total. The van der Waals surface area contributed by atoms with E-state index in [-0.39, 0.29) is 30.0 Å². The molecule has 0 radical (unpaired) electrons. The number of hydrogen-bond acceptors (Lipinski definition) is 3. The fraction of sp³-hybridized carbons (Fsp3) is 0.269. The summed E-state index contributed by atoms with van der Waals surface area (Å²) in [6.07, 6.45) is 1.48. The number of hydrogen-bond donors (Lipinski definition) is 1. The minimum Gasteiger partial charge on any atom is -0.508 e. The average Bonchev–Trinajstić information content (AvgIpc) is 2.75. The van der Waals surface area contributed by atoms with Crippen LogP contribution in [0.1, 0.15) is 41.5 Å². The molecule has 1 aliphatic rings. The van der Waals surface area contributed by atoms with Crippen molar-refractivity contribution in [3.8, 4) is 11.5 Å². The van der Waals surface area contributed by atoms with Gasteiger partial charge in [-0.15, -0.1) is 0 Å². The fourth-order valence-electron chi connectivity index (χ4n) is 3.83. The van der Waals surface area contributed by atoms with E-state index in [9.17, 15) is 14.3 Å². The lowest BCUT2D eigenvalue weighted by Crippen LogP contribution is -2.44. The number of carbonyl (C=O) groups is 1. The Morgan fingerprint density at radius 1 is 1.09 bits per heavy atom. The number of phenolic OH excluding ortho intramolecular Hbond substituents is 1. The van der Waals surface area contributed by atoms with Gasteiger partial charge in [0.2, 0.25) is 0 Å². The van der Waals surface area contributed by atoms with Crippen molar-refractivity contribution >= 4 is 29.1 Å². The number of carbonyl (C=O) groups excluding carboxylic acids is 1. The highest BCUT2D eigenvalue weighted by Gasteiger charge is 2.21. The van der Waals surface area contributed by atoms with Crippen molar-refractivity contribution < 1.29 is 19.0 Å². The normalized spacial score (nSPS) is 14.0. The van der Waals surface area contributed by atoms with Crippen LogP contribution in [0.2, 0.25) is 10.0 Å². The molecule has 1 N–H and O–H groups in total. The topological polar surface area (TPSA) is 49.8 Å². The second-order valence-corrected chi connectivity index (χ2v) is 9.05. The van der Waals surface area contributed by atoms with Crippen LogP contribution in [-0.4, -0.2) is 35.6 Å². The molecule has 0 spiro atoms. The van der Waals surface area contributed by atoms with E-state index in [4.69, 9.17) is 27.9 Å². The largest absolute Gasteiger partial charge is 0.508 e. The predicted octanol–water partition coefficient (Wildman–Crippen LogP) is 6.19. The molecule has 1 atom stereocenters. The van der Waals surface area contributed by atoms with Gasteiger partial charge in [0.05, 0.1) is 0 Å². The first-order valence-electron chi connectivity index (χ1n) is 10.8. The lowest BCUT2D eigenvalue weighted by molar-refractivity contribution is -0.136. The maximum absolute atomic E-state index is 13.3. The summed E-state index contributed by atoms with van der Waals surface area (Å²) in [5.74, 6) is 0.133. The molecule has 33 heavy (non-hydrogen) atoms. The predicted molar refractivity (Wildman–Crippen MR) is 128 cm³/mol. The number of nitrogens with zero attached hydrogens (tertiary/aromatic N) is 1. The van der Waals surface area contributed by atoms with Crippen molar-refractivity contribution in [3.05, 3.63) is 92.7 Å². The molecule has 1 unspecified atom stereocenters. The Balaban J connectivity index is 1.50. The van der Waals surface area contributed by atoms with Gasteiger partial charge in [-0.05, 0) is 53.4 Å². The lowest BCUT2D eigenvalue weighted by Gasteiger charge is -2.30. The van der Waals surface area contributed by atoms with Gasteiger partial charge in [0.15, 0.2) is 6.61 Å². The fourth-order valence-corrected chi connectivity index (χ4v) is 4.43. The number of halogens is 3. The maximum Gasteiger partial charge on any atom is 0.260 e. The van der Waals surface area contributed by atoms with Gasteiger partial charge >= 0.3 is 0 Å². The summed E-state index contributed by atoms with van der Waals surface area (Å²) in [6.45, 7) is 3.46. The molecule has 0 saturated carbocycles. The smallest absolute Gasteiger partial charge is 0.260 e. The zero-order valence-corrected chi connectivity index (χ0v) is 19.7. The summed E-state index contributed by atoms with van der Waals surface area (Å²) in [6, 6.07) is 14.9. The second-order valence-electron chi connectivity index (χ2n) is 8.23. The van der Waals surface area contributed by atoms with Crippen LogP contribution in [0.25, 0.3) is 0 Å². The molecule has 1 amide bonds. The van der Waals surface area contributed by atoms with E-state index >= 15 is 0 Å². The van der Waals surface area contributed by atoms with Gasteiger partial charge in [-0.25, -0.2) is 4.39 Å². The van der Waals surface area contributed by atoms with Crippen molar-refractivity contribution in [2.24, 2.45) is 0 Å². The van der Waals surface area contributed by atoms with E-state index in [0.717, 1.165) is 41.8 Å². The van der Waals surface area contributed by atoms with Crippen LogP contribution in [0, 0.1) is 5.82 Å². The standard InChI is InChI=1S/C26H24Cl2FNO3/c1-16(18-4-6-19(29)7-5-18)21-11-17(3-8-25(21)31)12-22-23(27)13-20(14-24(22)28)33-15-26(32)30-9-2-10-30/h3-8,11,13-14,16,31H,2,9-10,12,15H2,1H3. The summed E-state index contributed by atoms with van der Waals surface area (Å²) in [5, 5.41) is 11.3.